The molecule has 1 saturated carbocycles. The van der Waals surface area contributed by atoms with E-state index >= 15 is 0 Å². The van der Waals surface area contributed by atoms with E-state index in [0.717, 1.165) is 0 Å². The Hall–Kier alpha value is -3.16. The average molecular weight is 434 g/mol. The number of allylic oxidation sites excluding steroid dienone is 4. The molecular formula is C23H30O8. The van der Waals surface area contributed by atoms with Gasteiger partial charge in [-0.2, -0.15) is 0 Å². The van der Waals surface area contributed by atoms with E-state index in [1.54, 1.807) is 24.3 Å². The molecule has 0 aromatic rings. The van der Waals surface area contributed by atoms with E-state index < -0.39 is 60.4 Å². The molecule has 0 aromatic carbocycles. The highest BCUT2D eigenvalue weighted by Gasteiger charge is 2.49. The minimum Gasteiger partial charge on any atom is -0.481 e. The molecule has 1 rings (SSSR count). The van der Waals surface area contributed by atoms with Gasteiger partial charge in [-0.1, -0.05) is 30.4 Å². The van der Waals surface area contributed by atoms with Gasteiger partial charge in [0.05, 0.1) is 23.7 Å². The van der Waals surface area contributed by atoms with E-state index in [9.17, 15) is 34.5 Å². The van der Waals surface area contributed by atoms with Crippen molar-refractivity contribution in [1.29, 1.82) is 0 Å². The van der Waals surface area contributed by atoms with E-state index in [0.29, 0.717) is 19.3 Å². The summed E-state index contributed by atoms with van der Waals surface area (Å²) in [5.41, 5.74) is -0.310. The third kappa shape index (κ3) is 6.94. The molecule has 4 atom stereocenters. The Labute approximate surface area is 181 Å². The topological polar surface area (TPSA) is 138 Å². The minimum atomic E-state index is -1.39. The van der Waals surface area contributed by atoms with E-state index in [4.69, 9.17) is 4.74 Å². The van der Waals surface area contributed by atoms with Crippen LogP contribution in [-0.4, -0.2) is 45.8 Å². The van der Waals surface area contributed by atoms with Crippen LogP contribution in [0.25, 0.3) is 0 Å². The molecule has 0 aliphatic heterocycles. The van der Waals surface area contributed by atoms with Crippen molar-refractivity contribution in [3.63, 3.8) is 0 Å². The molecule has 0 bridgehead atoms. The van der Waals surface area contributed by atoms with Crippen molar-refractivity contribution in [2.75, 3.05) is 6.61 Å². The maximum Gasteiger partial charge on any atom is 0.310 e. The molecule has 0 spiro atoms. The molecule has 3 N–H and O–H groups in total. The number of ether oxygens (including phenoxy) is 1. The molecule has 0 radical (unpaired) electrons. The lowest BCUT2D eigenvalue weighted by Crippen LogP contribution is -2.45. The first-order valence-electron chi connectivity index (χ1n) is 9.97. The van der Waals surface area contributed by atoms with Crippen LogP contribution in [0, 0.1) is 29.1 Å². The quantitative estimate of drug-likeness (QED) is 0.296. The summed E-state index contributed by atoms with van der Waals surface area (Å²) in [6.45, 7) is 11.1. The molecule has 8 nitrogen and oxygen atoms in total. The van der Waals surface area contributed by atoms with Gasteiger partial charge in [-0.25, -0.2) is 0 Å². The highest BCUT2D eigenvalue weighted by Crippen LogP contribution is 2.39. The number of carbonyl (C=O) groups is 4. The third-order valence-electron chi connectivity index (χ3n) is 5.69. The van der Waals surface area contributed by atoms with Crippen molar-refractivity contribution < 1.29 is 39.2 Å². The van der Waals surface area contributed by atoms with Gasteiger partial charge < -0.3 is 20.1 Å². The first-order valence-corrected chi connectivity index (χ1v) is 9.97. The van der Waals surface area contributed by atoms with E-state index in [1.807, 2.05) is 6.08 Å². The fourth-order valence-electron chi connectivity index (χ4n) is 4.14. The van der Waals surface area contributed by atoms with Crippen molar-refractivity contribution in [2.24, 2.45) is 29.1 Å². The van der Waals surface area contributed by atoms with Gasteiger partial charge in [0.15, 0.2) is 0 Å². The van der Waals surface area contributed by atoms with E-state index in [1.165, 1.54) is 0 Å². The zero-order valence-corrected chi connectivity index (χ0v) is 17.4. The van der Waals surface area contributed by atoms with Crippen molar-refractivity contribution >= 4 is 23.9 Å². The van der Waals surface area contributed by atoms with Crippen molar-refractivity contribution in [2.45, 2.75) is 32.1 Å². The number of rotatable bonds is 13. The summed E-state index contributed by atoms with van der Waals surface area (Å²) in [4.78, 5) is 47.0. The minimum absolute atomic E-state index is 0.130. The van der Waals surface area contributed by atoms with Crippen LogP contribution < -0.4 is 0 Å². The Kier molecular flexibility index (Phi) is 9.92. The first-order chi connectivity index (χ1) is 14.6. The average Bonchev–Trinajstić information content (AvgIpc) is 2.70. The van der Waals surface area contributed by atoms with Gasteiger partial charge in [0.25, 0.3) is 0 Å². The predicted molar refractivity (Wildman–Crippen MR) is 113 cm³/mol. The van der Waals surface area contributed by atoms with Gasteiger partial charge in [0.2, 0.25) is 0 Å². The maximum absolute atomic E-state index is 12.6. The van der Waals surface area contributed by atoms with Crippen LogP contribution in [0.1, 0.15) is 32.1 Å². The first kappa shape index (κ1) is 25.9. The number of carbonyl (C=O) groups excluding carboxylic acids is 1. The van der Waals surface area contributed by atoms with Gasteiger partial charge in [0, 0.05) is 0 Å². The Bertz CT molecular complexity index is 724. The van der Waals surface area contributed by atoms with Gasteiger partial charge in [0.1, 0.15) is 6.61 Å². The highest BCUT2D eigenvalue weighted by molar-refractivity contribution is 5.86. The number of carboxylic acid groups (broad SMARTS) is 3. The summed E-state index contributed by atoms with van der Waals surface area (Å²) in [7, 11) is 0. The van der Waals surface area contributed by atoms with Crippen LogP contribution in [-0.2, 0) is 23.9 Å². The molecule has 0 aromatic heterocycles. The van der Waals surface area contributed by atoms with Crippen LogP contribution in [0.3, 0.4) is 0 Å². The summed E-state index contributed by atoms with van der Waals surface area (Å²) in [5, 5.41) is 28.0. The molecule has 0 heterocycles. The van der Waals surface area contributed by atoms with Gasteiger partial charge in [-0.05, 0) is 37.5 Å². The monoisotopic (exact) mass is 434 g/mol. The van der Waals surface area contributed by atoms with Gasteiger partial charge in [-0.15, -0.1) is 19.7 Å². The summed E-state index contributed by atoms with van der Waals surface area (Å²) in [6.07, 6.45) is 9.93. The third-order valence-corrected chi connectivity index (χ3v) is 5.69. The summed E-state index contributed by atoms with van der Waals surface area (Å²) >= 11 is 0. The van der Waals surface area contributed by atoms with Crippen LogP contribution >= 0.6 is 0 Å². The van der Waals surface area contributed by atoms with Crippen LogP contribution in [0.4, 0.5) is 0 Å². The Morgan fingerprint density at radius 1 is 0.774 bits per heavy atom. The molecule has 1 aliphatic carbocycles. The fourth-order valence-corrected chi connectivity index (χ4v) is 4.14. The SMILES string of the molecule is C=CCC(C=CCOC(=O)C1CC(C(=O)O)C(C(=O)O)CC1C(=O)O)(CC=C)CC=C. The number of esters is 1. The van der Waals surface area contributed by atoms with Crippen LogP contribution in [0.15, 0.2) is 50.1 Å². The Morgan fingerprint density at radius 3 is 1.55 bits per heavy atom. The highest BCUT2D eigenvalue weighted by atomic mass is 16.5. The van der Waals surface area contributed by atoms with Gasteiger partial charge in [-0.3, -0.25) is 19.2 Å². The molecule has 1 fully saturated rings. The lowest BCUT2D eigenvalue weighted by atomic mass is 9.68. The maximum atomic E-state index is 12.6. The second kappa shape index (κ2) is 11.9. The molecular weight excluding hydrogens is 404 g/mol. The van der Waals surface area contributed by atoms with Crippen LogP contribution in [0.2, 0.25) is 0 Å². The Balaban J connectivity index is 2.93. The molecule has 170 valence electrons. The second-order valence-corrected chi connectivity index (χ2v) is 7.79. The number of hydrogen-bond donors (Lipinski definition) is 3. The van der Waals surface area contributed by atoms with Gasteiger partial charge >= 0.3 is 23.9 Å². The number of aliphatic carboxylic acids is 3. The molecule has 8 heteroatoms. The zero-order valence-electron chi connectivity index (χ0n) is 17.4. The lowest BCUT2D eigenvalue weighted by Gasteiger charge is -2.34. The van der Waals surface area contributed by atoms with E-state index in [-0.39, 0.29) is 12.0 Å². The van der Waals surface area contributed by atoms with Crippen molar-refractivity contribution in [3.8, 4) is 0 Å². The van der Waals surface area contributed by atoms with Crippen molar-refractivity contribution in [1.82, 2.24) is 0 Å². The fraction of sp³-hybridized carbons (Fsp3) is 0.478. The lowest BCUT2D eigenvalue weighted by molar-refractivity contribution is -0.169. The molecule has 0 saturated heterocycles. The Morgan fingerprint density at radius 2 is 1.16 bits per heavy atom. The van der Waals surface area contributed by atoms with E-state index in [2.05, 4.69) is 19.7 Å². The number of hydrogen-bond acceptors (Lipinski definition) is 5. The summed E-state index contributed by atoms with van der Waals surface area (Å²) in [6, 6.07) is 0. The standard InChI is InChI=1S/C23H30O8/c1-4-8-23(9-5-2,10-6-3)11-7-12-31-22(30)18-14-16(20(26)27)15(19(24)25)13-17(18)21(28)29/h4-7,11,15-18H,1-3,8-10,12-14H2,(H,24,25)(H,26,27)(H,28,29). The van der Waals surface area contributed by atoms with Crippen molar-refractivity contribution in [3.05, 3.63) is 50.1 Å². The summed E-state index contributed by atoms with van der Waals surface area (Å²) in [5.74, 6) is -10.3. The molecule has 4 unspecified atom stereocenters. The predicted octanol–water partition coefficient (Wildman–Crippen LogP) is 3.31. The zero-order chi connectivity index (χ0) is 23.6. The normalized spacial score (nSPS) is 23.6. The molecule has 0 amide bonds. The molecule has 1 aliphatic rings. The second-order valence-electron chi connectivity index (χ2n) is 7.79. The summed E-state index contributed by atoms with van der Waals surface area (Å²) < 4.78 is 5.21. The molecule has 31 heavy (non-hydrogen) atoms. The smallest absolute Gasteiger partial charge is 0.310 e. The largest absolute Gasteiger partial charge is 0.481 e. The number of carboxylic acids is 3. The van der Waals surface area contributed by atoms with Crippen LogP contribution in [0.5, 0.6) is 0 Å².